The minimum absolute atomic E-state index is 0.0683. The number of anilines is 1. The molecule has 4 rings (SSSR count). The van der Waals surface area contributed by atoms with Crippen molar-refractivity contribution in [2.24, 2.45) is 0 Å². The first-order chi connectivity index (χ1) is 15.9. The lowest BCUT2D eigenvalue weighted by atomic mass is 9.96. The zero-order chi connectivity index (χ0) is 23.5. The minimum Gasteiger partial charge on any atom is -0.329 e. The number of halogens is 2. The molecule has 0 aromatic heterocycles. The fourth-order valence-corrected chi connectivity index (χ4v) is 4.07. The molecule has 2 atom stereocenters. The number of fused-ring (bicyclic) bond motifs is 1. The van der Waals surface area contributed by atoms with E-state index in [2.05, 4.69) is 5.32 Å². The summed E-state index contributed by atoms with van der Waals surface area (Å²) in [5, 5.41) is 2.74. The van der Waals surface area contributed by atoms with Gasteiger partial charge < -0.3 is 10.2 Å². The summed E-state index contributed by atoms with van der Waals surface area (Å²) in [6.45, 7) is 0. The molecule has 5 nitrogen and oxygen atoms in total. The first-order valence-corrected chi connectivity index (χ1v) is 10.4. The smallest absolute Gasteiger partial charge is 0.264 e. The topological polar surface area (TPSA) is 52.7 Å². The van der Waals surface area contributed by atoms with Crippen LogP contribution in [0.4, 0.5) is 14.5 Å². The zero-order valence-corrected chi connectivity index (χ0v) is 18.2. The van der Waals surface area contributed by atoms with Crippen molar-refractivity contribution in [1.82, 2.24) is 10.2 Å². The lowest BCUT2D eigenvalue weighted by Crippen LogP contribution is -2.55. The highest BCUT2D eigenvalue weighted by Gasteiger charge is 2.38. The molecular formula is C26H23F2N3O2. The normalized spacial score (nSPS) is 18.8. The van der Waals surface area contributed by atoms with Crippen LogP contribution >= 0.6 is 0 Å². The standard InChI is InChI=1S/C26H23F2N3O2/c1-30-22-11-7-6-10-20(22)24(18-8-4-3-5-9-18)31(2)25(26(30)33)29-23(32)15-13-17-12-14-19(27)16-21(17)28/h3-16,24-25H,1-2H3,(H,29,32)/b15-13+/t24?,25-/m1/s1. The van der Waals surface area contributed by atoms with Crippen LogP contribution in [0, 0.1) is 11.6 Å². The summed E-state index contributed by atoms with van der Waals surface area (Å²) in [6.07, 6.45) is 1.41. The van der Waals surface area contributed by atoms with Gasteiger partial charge in [0.05, 0.1) is 6.04 Å². The highest BCUT2D eigenvalue weighted by Crippen LogP contribution is 2.37. The second-order valence-electron chi connectivity index (χ2n) is 7.85. The largest absolute Gasteiger partial charge is 0.329 e. The van der Waals surface area contributed by atoms with Gasteiger partial charge in [0.2, 0.25) is 5.91 Å². The predicted octanol–water partition coefficient (Wildman–Crippen LogP) is 4.12. The van der Waals surface area contributed by atoms with Gasteiger partial charge in [-0.25, -0.2) is 8.78 Å². The maximum absolute atomic E-state index is 13.9. The van der Waals surface area contributed by atoms with Crippen molar-refractivity contribution < 1.29 is 18.4 Å². The van der Waals surface area contributed by atoms with Crippen LogP contribution in [-0.2, 0) is 9.59 Å². The molecule has 1 heterocycles. The van der Waals surface area contributed by atoms with Gasteiger partial charge in [0.15, 0.2) is 6.17 Å². The Morgan fingerprint density at radius 1 is 0.970 bits per heavy atom. The molecule has 0 fully saturated rings. The van der Waals surface area contributed by atoms with E-state index in [1.54, 1.807) is 14.1 Å². The minimum atomic E-state index is -0.970. The molecule has 2 amide bonds. The number of carbonyl (C=O) groups is 2. The fourth-order valence-electron chi connectivity index (χ4n) is 4.07. The Hall–Kier alpha value is -3.84. The van der Waals surface area contributed by atoms with Gasteiger partial charge >= 0.3 is 0 Å². The molecule has 0 bridgehead atoms. The Labute approximate surface area is 190 Å². The fraction of sp³-hybridized carbons (Fsp3) is 0.154. The number of hydrogen-bond acceptors (Lipinski definition) is 3. The molecule has 0 aliphatic carbocycles. The van der Waals surface area contributed by atoms with E-state index >= 15 is 0 Å². The van der Waals surface area contributed by atoms with Gasteiger partial charge in [-0.1, -0.05) is 48.5 Å². The van der Waals surface area contributed by atoms with Gasteiger partial charge in [0.25, 0.3) is 5.91 Å². The first-order valence-electron chi connectivity index (χ1n) is 10.4. The summed E-state index contributed by atoms with van der Waals surface area (Å²) in [7, 11) is 3.45. The third kappa shape index (κ3) is 4.54. The SMILES string of the molecule is CN1C(=O)[C@H](NC(=O)/C=C/c2ccc(F)cc2F)N(C)C(c2ccccc2)c2ccccc21. The maximum atomic E-state index is 13.9. The molecule has 168 valence electrons. The summed E-state index contributed by atoms with van der Waals surface area (Å²) in [4.78, 5) is 29.4. The van der Waals surface area contributed by atoms with E-state index in [1.165, 1.54) is 17.0 Å². The van der Waals surface area contributed by atoms with E-state index in [0.29, 0.717) is 0 Å². The number of nitrogens with one attached hydrogen (secondary N) is 1. The summed E-state index contributed by atoms with van der Waals surface area (Å²) in [6, 6.07) is 20.2. The lowest BCUT2D eigenvalue weighted by Gasteiger charge is -2.32. The van der Waals surface area contributed by atoms with Crippen LogP contribution in [0.2, 0.25) is 0 Å². The van der Waals surface area contributed by atoms with Crippen LogP contribution in [0.5, 0.6) is 0 Å². The summed E-state index contributed by atoms with van der Waals surface area (Å²) >= 11 is 0. The number of carbonyl (C=O) groups excluding carboxylic acids is 2. The van der Waals surface area contributed by atoms with Gasteiger partial charge in [-0.3, -0.25) is 14.5 Å². The van der Waals surface area contributed by atoms with E-state index < -0.39 is 23.7 Å². The number of rotatable bonds is 4. The third-order valence-corrected chi connectivity index (χ3v) is 5.74. The summed E-state index contributed by atoms with van der Waals surface area (Å²) in [5.41, 5.74) is 2.73. The van der Waals surface area contributed by atoms with Crippen molar-refractivity contribution in [1.29, 1.82) is 0 Å². The molecule has 3 aromatic rings. The number of para-hydroxylation sites is 1. The summed E-state index contributed by atoms with van der Waals surface area (Å²) in [5.74, 6) is -2.36. The Kier molecular flexibility index (Phi) is 6.33. The van der Waals surface area contributed by atoms with Crippen LogP contribution < -0.4 is 10.2 Å². The molecule has 1 aliphatic rings. The maximum Gasteiger partial charge on any atom is 0.264 e. The van der Waals surface area contributed by atoms with Gasteiger partial charge in [0, 0.05) is 30.4 Å². The van der Waals surface area contributed by atoms with Gasteiger partial charge in [-0.05, 0) is 42.4 Å². The number of benzene rings is 3. The van der Waals surface area contributed by atoms with Crippen molar-refractivity contribution in [3.8, 4) is 0 Å². The Morgan fingerprint density at radius 2 is 1.67 bits per heavy atom. The van der Waals surface area contributed by atoms with Crippen LogP contribution in [-0.4, -0.2) is 37.0 Å². The van der Waals surface area contributed by atoms with Crippen LogP contribution in [0.15, 0.2) is 78.9 Å². The highest BCUT2D eigenvalue weighted by molar-refractivity contribution is 6.02. The van der Waals surface area contributed by atoms with E-state index in [1.807, 2.05) is 59.5 Å². The van der Waals surface area contributed by atoms with Crippen molar-refractivity contribution in [2.45, 2.75) is 12.2 Å². The number of nitrogens with zero attached hydrogens (tertiary/aromatic N) is 2. The molecule has 0 radical (unpaired) electrons. The molecule has 0 spiro atoms. The Balaban J connectivity index is 1.66. The van der Waals surface area contributed by atoms with E-state index in [9.17, 15) is 18.4 Å². The second-order valence-corrected chi connectivity index (χ2v) is 7.85. The van der Waals surface area contributed by atoms with Crippen molar-refractivity contribution >= 4 is 23.6 Å². The van der Waals surface area contributed by atoms with Gasteiger partial charge in [-0.15, -0.1) is 0 Å². The molecule has 0 saturated carbocycles. The average molecular weight is 447 g/mol. The zero-order valence-electron chi connectivity index (χ0n) is 18.2. The number of amides is 2. The third-order valence-electron chi connectivity index (χ3n) is 5.74. The first kappa shape index (κ1) is 22.4. The van der Waals surface area contributed by atoms with Crippen LogP contribution in [0.1, 0.15) is 22.7 Å². The van der Waals surface area contributed by atoms with Gasteiger partial charge in [-0.2, -0.15) is 0 Å². The average Bonchev–Trinajstić information content (AvgIpc) is 2.88. The summed E-state index contributed by atoms with van der Waals surface area (Å²) < 4.78 is 27.0. The van der Waals surface area contributed by atoms with E-state index in [0.717, 1.165) is 35.0 Å². The second kappa shape index (κ2) is 9.34. The van der Waals surface area contributed by atoms with E-state index in [-0.39, 0.29) is 17.5 Å². The van der Waals surface area contributed by atoms with Crippen LogP contribution in [0.3, 0.4) is 0 Å². The number of hydrogen-bond donors (Lipinski definition) is 1. The molecule has 33 heavy (non-hydrogen) atoms. The molecule has 1 unspecified atom stereocenters. The van der Waals surface area contributed by atoms with Crippen molar-refractivity contribution in [2.75, 3.05) is 19.0 Å². The van der Waals surface area contributed by atoms with Crippen molar-refractivity contribution in [3.63, 3.8) is 0 Å². The van der Waals surface area contributed by atoms with Gasteiger partial charge in [0.1, 0.15) is 11.6 Å². The molecular weight excluding hydrogens is 424 g/mol. The quantitative estimate of drug-likeness (QED) is 0.613. The van der Waals surface area contributed by atoms with E-state index in [4.69, 9.17) is 0 Å². The number of likely N-dealkylation sites (N-methyl/N-ethyl adjacent to an activating group) is 2. The molecule has 1 N–H and O–H groups in total. The lowest BCUT2D eigenvalue weighted by molar-refractivity contribution is -0.129. The molecule has 0 saturated heterocycles. The van der Waals surface area contributed by atoms with Crippen LogP contribution in [0.25, 0.3) is 6.08 Å². The molecule has 7 heteroatoms. The Morgan fingerprint density at radius 3 is 2.39 bits per heavy atom. The molecule has 3 aromatic carbocycles. The molecule has 1 aliphatic heterocycles. The predicted molar refractivity (Wildman–Crippen MR) is 123 cm³/mol. The Bertz CT molecular complexity index is 1210. The van der Waals surface area contributed by atoms with Crippen molar-refractivity contribution in [3.05, 3.63) is 107 Å². The highest BCUT2D eigenvalue weighted by atomic mass is 19.1. The monoisotopic (exact) mass is 447 g/mol.